The second-order valence-electron chi connectivity index (χ2n) is 4.44. The minimum Gasteiger partial charge on any atom is -0.353 e. The summed E-state index contributed by atoms with van der Waals surface area (Å²) < 4.78 is 0. The van der Waals surface area contributed by atoms with Crippen LogP contribution in [0.2, 0.25) is 0 Å². The fraction of sp³-hybridized carbons (Fsp3) is 0.308. The van der Waals surface area contributed by atoms with Crippen molar-refractivity contribution in [2.45, 2.75) is 20.4 Å². The summed E-state index contributed by atoms with van der Waals surface area (Å²) in [4.78, 5) is 14.9. The van der Waals surface area contributed by atoms with Crippen LogP contribution in [0.25, 0.3) is 0 Å². The molecular weight excluding hydrogens is 240 g/mol. The van der Waals surface area contributed by atoms with Crippen molar-refractivity contribution in [2.24, 2.45) is 5.84 Å². The number of nitrogens with two attached hydrogens (primary N) is 1. The molecular formula is C13H18N6. The number of pyridine rings is 1. The van der Waals surface area contributed by atoms with Gasteiger partial charge < -0.3 is 10.3 Å². The molecule has 0 aliphatic carbocycles. The first-order valence-electron chi connectivity index (χ1n) is 6.03. The van der Waals surface area contributed by atoms with Crippen molar-refractivity contribution in [3.8, 4) is 0 Å². The van der Waals surface area contributed by atoms with Crippen LogP contribution >= 0.6 is 0 Å². The fourth-order valence-electron chi connectivity index (χ4n) is 1.98. The zero-order chi connectivity index (χ0) is 13.8. The number of hydrogen-bond acceptors (Lipinski definition) is 6. The number of aryl methyl sites for hydroxylation is 1. The van der Waals surface area contributed by atoms with E-state index in [9.17, 15) is 0 Å². The molecule has 19 heavy (non-hydrogen) atoms. The van der Waals surface area contributed by atoms with E-state index < -0.39 is 0 Å². The van der Waals surface area contributed by atoms with Gasteiger partial charge in [-0.2, -0.15) is 0 Å². The van der Waals surface area contributed by atoms with Crippen molar-refractivity contribution < 1.29 is 0 Å². The third-order valence-corrected chi connectivity index (χ3v) is 2.90. The van der Waals surface area contributed by atoms with Gasteiger partial charge in [0.2, 0.25) is 0 Å². The van der Waals surface area contributed by atoms with E-state index in [4.69, 9.17) is 5.84 Å². The lowest BCUT2D eigenvalue weighted by atomic mass is 10.2. The lowest BCUT2D eigenvalue weighted by molar-refractivity contribution is 0.848. The van der Waals surface area contributed by atoms with Crippen molar-refractivity contribution in [1.82, 2.24) is 15.0 Å². The highest BCUT2D eigenvalue weighted by Gasteiger charge is 2.11. The first kappa shape index (κ1) is 13.2. The molecule has 3 N–H and O–H groups in total. The first-order chi connectivity index (χ1) is 9.11. The van der Waals surface area contributed by atoms with Gasteiger partial charge in [-0.1, -0.05) is 6.07 Å². The molecule has 2 rings (SSSR count). The van der Waals surface area contributed by atoms with Crippen molar-refractivity contribution in [1.29, 1.82) is 0 Å². The highest BCUT2D eigenvalue weighted by Crippen LogP contribution is 2.21. The minimum absolute atomic E-state index is 0.633. The largest absolute Gasteiger partial charge is 0.353 e. The molecule has 100 valence electrons. The van der Waals surface area contributed by atoms with E-state index in [2.05, 4.69) is 20.4 Å². The molecule has 0 aliphatic heterocycles. The number of hydrazine groups is 1. The molecule has 0 radical (unpaired) electrons. The van der Waals surface area contributed by atoms with Gasteiger partial charge in [0.1, 0.15) is 18.0 Å². The summed E-state index contributed by atoms with van der Waals surface area (Å²) in [5.41, 5.74) is 5.50. The molecule has 0 atom stereocenters. The lowest BCUT2D eigenvalue weighted by Crippen LogP contribution is -2.21. The highest BCUT2D eigenvalue weighted by molar-refractivity contribution is 5.57. The molecule has 6 heteroatoms. The van der Waals surface area contributed by atoms with Gasteiger partial charge in [0.25, 0.3) is 0 Å². The normalized spacial score (nSPS) is 10.3. The van der Waals surface area contributed by atoms with Crippen LogP contribution in [0, 0.1) is 13.8 Å². The highest BCUT2D eigenvalue weighted by atomic mass is 15.3. The molecule has 0 saturated heterocycles. The Morgan fingerprint density at radius 3 is 2.74 bits per heavy atom. The van der Waals surface area contributed by atoms with Gasteiger partial charge in [-0.05, 0) is 26.0 Å². The predicted molar refractivity (Wildman–Crippen MR) is 75.7 cm³/mol. The lowest BCUT2D eigenvalue weighted by Gasteiger charge is -2.20. The monoisotopic (exact) mass is 258 g/mol. The zero-order valence-electron chi connectivity index (χ0n) is 11.4. The summed E-state index contributed by atoms with van der Waals surface area (Å²) in [5.74, 6) is 6.89. The Morgan fingerprint density at radius 1 is 1.26 bits per heavy atom. The molecule has 0 fully saturated rings. The molecule has 2 aromatic rings. The first-order valence-corrected chi connectivity index (χ1v) is 6.03. The fourth-order valence-corrected chi connectivity index (χ4v) is 1.98. The van der Waals surface area contributed by atoms with Crippen LogP contribution < -0.4 is 16.2 Å². The predicted octanol–water partition coefficient (Wildman–Crippen LogP) is 1.41. The van der Waals surface area contributed by atoms with E-state index >= 15 is 0 Å². The summed E-state index contributed by atoms with van der Waals surface area (Å²) in [6.07, 6.45) is 1.50. The van der Waals surface area contributed by atoms with Crippen LogP contribution in [0.3, 0.4) is 0 Å². The number of hydrogen-bond donors (Lipinski definition) is 2. The molecule has 0 aliphatic rings. The Kier molecular flexibility index (Phi) is 3.91. The third-order valence-electron chi connectivity index (χ3n) is 2.90. The van der Waals surface area contributed by atoms with Crippen molar-refractivity contribution in [3.63, 3.8) is 0 Å². The van der Waals surface area contributed by atoms with E-state index in [1.807, 2.05) is 44.0 Å². The van der Waals surface area contributed by atoms with Crippen LogP contribution in [-0.4, -0.2) is 22.0 Å². The van der Waals surface area contributed by atoms with Crippen LogP contribution in [0.15, 0.2) is 24.5 Å². The molecule has 2 heterocycles. The maximum atomic E-state index is 5.42. The van der Waals surface area contributed by atoms with Crippen molar-refractivity contribution in [3.05, 3.63) is 41.5 Å². The zero-order valence-corrected chi connectivity index (χ0v) is 11.4. The average molecular weight is 258 g/mol. The van der Waals surface area contributed by atoms with Gasteiger partial charge in [0.05, 0.1) is 12.2 Å². The maximum Gasteiger partial charge on any atom is 0.148 e. The SMILES string of the molecule is Cc1cccc(CN(C)c2ncnc(NN)c2C)n1. The standard InChI is InChI=1S/C13H18N6/c1-9-5-4-6-11(17-9)7-19(3)13-10(2)12(18-14)15-8-16-13/h4-6,8H,7,14H2,1-3H3,(H,15,16,18). The Morgan fingerprint density at radius 2 is 2.05 bits per heavy atom. The molecule has 0 aromatic carbocycles. The minimum atomic E-state index is 0.633. The summed E-state index contributed by atoms with van der Waals surface area (Å²) in [5, 5.41) is 0. The maximum absolute atomic E-state index is 5.42. The van der Waals surface area contributed by atoms with Gasteiger partial charge in [-0.3, -0.25) is 4.98 Å². The second-order valence-corrected chi connectivity index (χ2v) is 4.44. The summed E-state index contributed by atoms with van der Waals surface area (Å²) in [6, 6.07) is 5.99. The Bertz CT molecular complexity index is 569. The number of nitrogens with one attached hydrogen (secondary N) is 1. The molecule has 0 unspecified atom stereocenters. The van der Waals surface area contributed by atoms with E-state index in [-0.39, 0.29) is 0 Å². The number of rotatable bonds is 4. The van der Waals surface area contributed by atoms with E-state index in [0.717, 1.165) is 22.8 Å². The van der Waals surface area contributed by atoms with Gasteiger partial charge in [0.15, 0.2) is 0 Å². The molecule has 6 nitrogen and oxygen atoms in total. The van der Waals surface area contributed by atoms with Crippen LogP contribution in [0.1, 0.15) is 17.0 Å². The topological polar surface area (TPSA) is 80.0 Å². The molecule has 0 saturated carbocycles. The van der Waals surface area contributed by atoms with Crippen molar-refractivity contribution in [2.75, 3.05) is 17.4 Å². The molecule has 2 aromatic heterocycles. The Labute approximate surface area is 112 Å². The van der Waals surface area contributed by atoms with Gasteiger partial charge in [-0.15, -0.1) is 0 Å². The Balaban J connectivity index is 2.23. The number of nitrogens with zero attached hydrogens (tertiary/aromatic N) is 4. The summed E-state index contributed by atoms with van der Waals surface area (Å²) in [6.45, 7) is 4.60. The van der Waals surface area contributed by atoms with Crippen LogP contribution in [0.4, 0.5) is 11.6 Å². The average Bonchev–Trinajstić information content (AvgIpc) is 2.39. The van der Waals surface area contributed by atoms with Crippen LogP contribution in [-0.2, 0) is 6.54 Å². The van der Waals surface area contributed by atoms with Crippen molar-refractivity contribution >= 4 is 11.6 Å². The van der Waals surface area contributed by atoms with Gasteiger partial charge >= 0.3 is 0 Å². The quantitative estimate of drug-likeness (QED) is 0.637. The number of nitrogen functional groups attached to an aromatic ring is 1. The molecule has 0 amide bonds. The van der Waals surface area contributed by atoms with E-state index in [1.54, 1.807) is 0 Å². The number of aromatic nitrogens is 3. The van der Waals surface area contributed by atoms with Crippen LogP contribution in [0.5, 0.6) is 0 Å². The molecule has 0 bridgehead atoms. The second kappa shape index (κ2) is 5.62. The third kappa shape index (κ3) is 2.97. The van der Waals surface area contributed by atoms with E-state index in [1.165, 1.54) is 6.33 Å². The summed E-state index contributed by atoms with van der Waals surface area (Å²) >= 11 is 0. The number of anilines is 2. The smallest absolute Gasteiger partial charge is 0.148 e. The van der Waals surface area contributed by atoms with Gasteiger partial charge in [-0.25, -0.2) is 15.8 Å². The van der Waals surface area contributed by atoms with E-state index in [0.29, 0.717) is 12.4 Å². The summed E-state index contributed by atoms with van der Waals surface area (Å²) in [7, 11) is 1.97. The Hall–Kier alpha value is -2.21. The van der Waals surface area contributed by atoms with Gasteiger partial charge in [0, 0.05) is 18.3 Å². The molecule has 0 spiro atoms.